The van der Waals surface area contributed by atoms with Gasteiger partial charge in [-0.1, -0.05) is 0 Å². The first-order valence-electron chi connectivity index (χ1n) is 5.95. The summed E-state index contributed by atoms with van der Waals surface area (Å²) in [6.07, 6.45) is 1.94. The number of nitro groups is 1. The maximum Gasteiger partial charge on any atom is 0.271 e. The number of rotatable bonds is 4. The number of nitro benzene ring substituents is 1. The Morgan fingerprint density at radius 3 is 2.68 bits per heavy atom. The van der Waals surface area contributed by atoms with Crippen LogP contribution in [0.15, 0.2) is 24.4 Å². The fraction of sp³-hybridized carbons (Fsp3) is 0.308. The van der Waals surface area contributed by atoms with E-state index < -0.39 is 0 Å². The zero-order valence-corrected chi connectivity index (χ0v) is 11.2. The van der Waals surface area contributed by atoms with Crippen molar-refractivity contribution < 1.29 is 4.92 Å². The molecule has 0 aliphatic carbocycles. The Bertz CT molecular complexity index is 619. The Kier molecular flexibility index (Phi) is 3.50. The molecule has 6 heteroatoms. The van der Waals surface area contributed by atoms with Gasteiger partial charge in [-0.3, -0.25) is 14.8 Å². The number of non-ortho nitro benzene ring substituents is 1. The van der Waals surface area contributed by atoms with Gasteiger partial charge in [0.15, 0.2) is 0 Å². The standard InChI is InChI=1S/C13H16N4O2/c1-9-4-12(6-13(5-9)17(18)19)14-7-11-8-16(3)15-10(11)2/h4-6,8,14H,7H2,1-3H3. The van der Waals surface area contributed by atoms with Crippen LogP contribution in [0.3, 0.4) is 0 Å². The average Bonchev–Trinajstić information content (AvgIpc) is 2.64. The molecule has 0 unspecified atom stereocenters. The first-order chi connectivity index (χ1) is 8.95. The van der Waals surface area contributed by atoms with Crippen LogP contribution in [-0.4, -0.2) is 14.7 Å². The molecular formula is C13H16N4O2. The molecule has 1 heterocycles. The van der Waals surface area contributed by atoms with E-state index in [0.29, 0.717) is 6.54 Å². The van der Waals surface area contributed by atoms with Crippen molar-refractivity contribution in [2.24, 2.45) is 7.05 Å². The number of nitrogens with zero attached hydrogens (tertiary/aromatic N) is 3. The minimum absolute atomic E-state index is 0.102. The maximum absolute atomic E-state index is 10.8. The van der Waals surface area contributed by atoms with Crippen LogP contribution < -0.4 is 5.32 Å². The van der Waals surface area contributed by atoms with E-state index in [9.17, 15) is 10.1 Å². The number of hydrogen-bond acceptors (Lipinski definition) is 4. The second-order valence-electron chi connectivity index (χ2n) is 4.58. The third kappa shape index (κ3) is 3.09. The summed E-state index contributed by atoms with van der Waals surface area (Å²) >= 11 is 0. The van der Waals surface area contributed by atoms with E-state index in [1.807, 2.05) is 33.2 Å². The highest BCUT2D eigenvalue weighted by Crippen LogP contribution is 2.21. The molecule has 0 amide bonds. The topological polar surface area (TPSA) is 73.0 Å². The molecule has 19 heavy (non-hydrogen) atoms. The molecule has 0 atom stereocenters. The highest BCUT2D eigenvalue weighted by molar-refractivity contribution is 5.54. The molecule has 0 saturated heterocycles. The molecule has 0 bridgehead atoms. The summed E-state index contributed by atoms with van der Waals surface area (Å²) in [4.78, 5) is 10.4. The molecule has 100 valence electrons. The number of aromatic nitrogens is 2. The molecule has 2 aromatic rings. The summed E-state index contributed by atoms with van der Waals surface area (Å²) in [5.41, 5.74) is 3.74. The fourth-order valence-electron chi connectivity index (χ4n) is 1.99. The largest absolute Gasteiger partial charge is 0.381 e. The molecule has 0 saturated carbocycles. The van der Waals surface area contributed by atoms with Crippen molar-refractivity contribution in [3.8, 4) is 0 Å². The van der Waals surface area contributed by atoms with E-state index in [4.69, 9.17) is 0 Å². The van der Waals surface area contributed by atoms with Gasteiger partial charge in [0, 0.05) is 43.2 Å². The van der Waals surface area contributed by atoms with E-state index in [0.717, 1.165) is 22.5 Å². The molecule has 0 fully saturated rings. The third-order valence-corrected chi connectivity index (χ3v) is 2.87. The van der Waals surface area contributed by atoms with Crippen molar-refractivity contribution in [1.82, 2.24) is 9.78 Å². The van der Waals surface area contributed by atoms with Crippen LogP contribution in [0.4, 0.5) is 11.4 Å². The van der Waals surface area contributed by atoms with Crippen molar-refractivity contribution >= 4 is 11.4 Å². The van der Waals surface area contributed by atoms with Crippen LogP contribution in [0.5, 0.6) is 0 Å². The summed E-state index contributed by atoms with van der Waals surface area (Å²) in [6.45, 7) is 4.38. The maximum atomic E-state index is 10.8. The lowest BCUT2D eigenvalue weighted by Crippen LogP contribution is -2.01. The Morgan fingerprint density at radius 1 is 1.37 bits per heavy atom. The monoisotopic (exact) mass is 260 g/mol. The molecule has 0 aliphatic heterocycles. The summed E-state index contributed by atoms with van der Waals surface area (Å²) < 4.78 is 1.76. The van der Waals surface area contributed by atoms with Crippen molar-refractivity contribution in [3.63, 3.8) is 0 Å². The van der Waals surface area contributed by atoms with Gasteiger partial charge in [0.05, 0.1) is 10.6 Å². The normalized spacial score (nSPS) is 10.5. The quantitative estimate of drug-likeness (QED) is 0.677. The molecular weight excluding hydrogens is 244 g/mol. The Balaban J connectivity index is 2.15. The summed E-state index contributed by atoms with van der Waals surface area (Å²) in [6, 6.07) is 4.98. The van der Waals surface area contributed by atoms with E-state index >= 15 is 0 Å². The zero-order chi connectivity index (χ0) is 14.0. The summed E-state index contributed by atoms with van der Waals surface area (Å²) in [5.74, 6) is 0. The second-order valence-corrected chi connectivity index (χ2v) is 4.58. The molecule has 1 aromatic heterocycles. The van der Waals surface area contributed by atoms with Gasteiger partial charge < -0.3 is 5.32 Å². The van der Waals surface area contributed by atoms with Gasteiger partial charge in [0.25, 0.3) is 5.69 Å². The predicted molar refractivity (Wildman–Crippen MR) is 73.1 cm³/mol. The lowest BCUT2D eigenvalue weighted by Gasteiger charge is -2.06. The van der Waals surface area contributed by atoms with Gasteiger partial charge in [-0.25, -0.2) is 0 Å². The second kappa shape index (κ2) is 5.09. The van der Waals surface area contributed by atoms with Gasteiger partial charge in [-0.2, -0.15) is 5.10 Å². The molecule has 0 radical (unpaired) electrons. The highest BCUT2D eigenvalue weighted by Gasteiger charge is 2.08. The molecule has 0 aliphatic rings. The van der Waals surface area contributed by atoms with E-state index in [-0.39, 0.29) is 10.6 Å². The van der Waals surface area contributed by atoms with Gasteiger partial charge in [0.1, 0.15) is 0 Å². The third-order valence-electron chi connectivity index (χ3n) is 2.87. The van der Waals surface area contributed by atoms with Crippen LogP contribution in [0.25, 0.3) is 0 Å². The molecule has 1 N–H and O–H groups in total. The number of benzene rings is 1. The van der Waals surface area contributed by atoms with Crippen LogP contribution in [0.1, 0.15) is 16.8 Å². The van der Waals surface area contributed by atoms with Crippen molar-refractivity contribution in [3.05, 3.63) is 51.3 Å². The minimum Gasteiger partial charge on any atom is -0.381 e. The molecule has 2 rings (SSSR count). The van der Waals surface area contributed by atoms with Crippen LogP contribution in [-0.2, 0) is 13.6 Å². The first-order valence-corrected chi connectivity index (χ1v) is 5.95. The number of anilines is 1. The van der Waals surface area contributed by atoms with E-state index in [2.05, 4.69) is 10.4 Å². The highest BCUT2D eigenvalue weighted by atomic mass is 16.6. The lowest BCUT2D eigenvalue weighted by atomic mass is 10.2. The minimum atomic E-state index is -0.381. The zero-order valence-electron chi connectivity index (χ0n) is 11.2. The first kappa shape index (κ1) is 13.1. The van der Waals surface area contributed by atoms with E-state index in [1.54, 1.807) is 16.8 Å². The number of aryl methyl sites for hydroxylation is 3. The van der Waals surface area contributed by atoms with E-state index in [1.165, 1.54) is 0 Å². The summed E-state index contributed by atoms with van der Waals surface area (Å²) in [7, 11) is 1.87. The van der Waals surface area contributed by atoms with Gasteiger partial charge in [0.2, 0.25) is 0 Å². The molecule has 0 spiro atoms. The predicted octanol–water partition coefficient (Wildman–Crippen LogP) is 2.56. The Hall–Kier alpha value is -2.37. The Morgan fingerprint density at radius 2 is 2.11 bits per heavy atom. The average molecular weight is 260 g/mol. The van der Waals surface area contributed by atoms with Crippen molar-refractivity contribution in [2.45, 2.75) is 20.4 Å². The van der Waals surface area contributed by atoms with Crippen molar-refractivity contribution in [1.29, 1.82) is 0 Å². The van der Waals surface area contributed by atoms with Crippen LogP contribution >= 0.6 is 0 Å². The van der Waals surface area contributed by atoms with Crippen molar-refractivity contribution in [2.75, 3.05) is 5.32 Å². The summed E-state index contributed by atoms with van der Waals surface area (Å²) in [5, 5.41) is 18.3. The van der Waals surface area contributed by atoms with Crippen LogP contribution in [0.2, 0.25) is 0 Å². The van der Waals surface area contributed by atoms with Gasteiger partial charge in [-0.15, -0.1) is 0 Å². The smallest absolute Gasteiger partial charge is 0.271 e. The number of hydrogen-bond donors (Lipinski definition) is 1. The molecule has 6 nitrogen and oxygen atoms in total. The fourth-order valence-corrected chi connectivity index (χ4v) is 1.99. The van der Waals surface area contributed by atoms with Gasteiger partial charge in [-0.05, 0) is 25.5 Å². The SMILES string of the molecule is Cc1cc(NCc2cn(C)nc2C)cc([N+](=O)[O-])c1. The number of nitrogens with one attached hydrogen (secondary N) is 1. The van der Waals surface area contributed by atoms with Crippen LogP contribution in [0, 0.1) is 24.0 Å². The Labute approximate surface area is 111 Å². The molecule has 1 aromatic carbocycles. The lowest BCUT2D eigenvalue weighted by molar-refractivity contribution is -0.384. The van der Waals surface area contributed by atoms with Gasteiger partial charge >= 0.3 is 0 Å².